The molecule has 0 saturated heterocycles. The highest BCUT2D eigenvalue weighted by atomic mass is 31.2. The lowest BCUT2D eigenvalue weighted by Gasteiger charge is -2.38. The van der Waals surface area contributed by atoms with E-state index in [1.165, 1.54) is 38.9 Å². The summed E-state index contributed by atoms with van der Waals surface area (Å²) in [5.41, 5.74) is 9.16. The zero-order chi connectivity index (χ0) is 36.8. The molecule has 0 aliphatic heterocycles. The molecule has 0 unspecified atom stereocenters. The van der Waals surface area contributed by atoms with Crippen LogP contribution in [-0.2, 0) is 10.2 Å². The highest BCUT2D eigenvalue weighted by Crippen LogP contribution is 2.54. The van der Waals surface area contributed by atoms with Crippen LogP contribution in [0.1, 0.15) is 222 Å². The minimum Gasteiger partial charge on any atom is -0.386 e. The van der Waals surface area contributed by atoms with Crippen molar-refractivity contribution in [1.82, 2.24) is 0 Å². The standard InChI is InChI=1S/C45H69O2P/c1-25(2)33-19-36(28(7)8)42(37(20-33)29(9)10)48(47,43-38(30(11)12)21-34(26(3)4)22-39(43)31(13)14)44-40(32(15)16)23-35(27(5)6)24-41(44)45(17,18)46/h19-32,46H,1-18H3. The molecule has 0 aliphatic rings. The van der Waals surface area contributed by atoms with E-state index in [9.17, 15) is 5.11 Å². The summed E-state index contributed by atoms with van der Waals surface area (Å²) in [5.74, 6) is 1.70. The lowest BCUT2D eigenvalue weighted by Crippen LogP contribution is -2.40. The summed E-state index contributed by atoms with van der Waals surface area (Å²) < 4.78 is 17.8. The van der Waals surface area contributed by atoms with Gasteiger partial charge in [-0.3, -0.25) is 0 Å². The Kier molecular flexibility index (Phi) is 12.6. The van der Waals surface area contributed by atoms with Crippen molar-refractivity contribution in [3.8, 4) is 0 Å². The summed E-state index contributed by atoms with van der Waals surface area (Å²) >= 11 is 0. The molecule has 48 heavy (non-hydrogen) atoms. The van der Waals surface area contributed by atoms with Crippen molar-refractivity contribution in [1.29, 1.82) is 0 Å². The summed E-state index contributed by atoms with van der Waals surface area (Å²) in [6.07, 6.45) is 0. The number of benzene rings is 3. The van der Waals surface area contributed by atoms with E-state index >= 15 is 4.57 Å². The van der Waals surface area contributed by atoms with E-state index in [1.807, 2.05) is 13.8 Å². The van der Waals surface area contributed by atoms with Crippen LogP contribution >= 0.6 is 7.14 Å². The molecule has 0 aromatic heterocycles. The predicted molar refractivity (Wildman–Crippen MR) is 214 cm³/mol. The lowest BCUT2D eigenvalue weighted by molar-refractivity contribution is 0.0795. The zero-order valence-corrected chi connectivity index (χ0v) is 34.8. The van der Waals surface area contributed by atoms with Crippen LogP contribution in [0.2, 0.25) is 0 Å². The Morgan fingerprint density at radius 3 is 0.854 bits per heavy atom. The van der Waals surface area contributed by atoms with Crippen LogP contribution < -0.4 is 15.9 Å². The third kappa shape index (κ3) is 7.76. The number of hydrogen-bond donors (Lipinski definition) is 1. The lowest BCUT2D eigenvalue weighted by atomic mass is 9.87. The zero-order valence-electron chi connectivity index (χ0n) is 33.9. The van der Waals surface area contributed by atoms with E-state index in [0.717, 1.165) is 27.0 Å². The van der Waals surface area contributed by atoms with Crippen LogP contribution in [0.4, 0.5) is 0 Å². The minimum atomic E-state index is -3.68. The monoisotopic (exact) mass is 673 g/mol. The van der Waals surface area contributed by atoms with Gasteiger partial charge in [-0.05, 0) is 111 Å². The molecule has 266 valence electrons. The first-order chi connectivity index (χ1) is 22.0. The second kappa shape index (κ2) is 15.0. The summed E-state index contributed by atoms with van der Waals surface area (Å²) in [5, 5.41) is 15.0. The Balaban J connectivity index is 2.98. The van der Waals surface area contributed by atoms with Gasteiger partial charge in [0.05, 0.1) is 5.60 Å². The Labute approximate surface area is 295 Å². The van der Waals surface area contributed by atoms with Crippen molar-refractivity contribution < 1.29 is 9.67 Å². The molecule has 3 rings (SSSR count). The fourth-order valence-electron chi connectivity index (χ4n) is 7.17. The van der Waals surface area contributed by atoms with Gasteiger partial charge >= 0.3 is 0 Å². The second-order valence-corrected chi connectivity index (χ2v) is 20.1. The summed E-state index contributed by atoms with van der Waals surface area (Å²) in [6, 6.07) is 13.9. The van der Waals surface area contributed by atoms with Gasteiger partial charge in [-0.1, -0.05) is 147 Å². The van der Waals surface area contributed by atoms with Crippen molar-refractivity contribution in [3.05, 3.63) is 86.5 Å². The van der Waals surface area contributed by atoms with Crippen LogP contribution in [0, 0.1) is 0 Å². The third-order valence-electron chi connectivity index (χ3n) is 10.3. The molecule has 0 saturated carbocycles. The van der Waals surface area contributed by atoms with Crippen molar-refractivity contribution in [2.24, 2.45) is 0 Å². The third-order valence-corrected chi connectivity index (χ3v) is 13.7. The Morgan fingerprint density at radius 2 is 0.646 bits per heavy atom. The van der Waals surface area contributed by atoms with E-state index in [4.69, 9.17) is 0 Å². The molecule has 3 aromatic rings. The maximum atomic E-state index is 17.8. The topological polar surface area (TPSA) is 37.3 Å². The van der Waals surface area contributed by atoms with Crippen LogP contribution in [0.15, 0.2) is 36.4 Å². The molecule has 0 aliphatic carbocycles. The molecule has 0 fully saturated rings. The molecule has 0 radical (unpaired) electrons. The van der Waals surface area contributed by atoms with Gasteiger partial charge in [0, 0.05) is 15.9 Å². The van der Waals surface area contributed by atoms with Crippen LogP contribution in [-0.4, -0.2) is 5.11 Å². The van der Waals surface area contributed by atoms with Crippen molar-refractivity contribution in [3.63, 3.8) is 0 Å². The first-order valence-electron chi connectivity index (χ1n) is 18.8. The molecule has 3 aromatic carbocycles. The highest BCUT2D eigenvalue weighted by Gasteiger charge is 2.45. The normalized spacial score (nSPS) is 13.2. The Bertz CT molecular complexity index is 1500. The molecule has 0 spiro atoms. The Hall–Kier alpha value is -2.15. The smallest absolute Gasteiger partial charge is 0.172 e. The van der Waals surface area contributed by atoms with Gasteiger partial charge in [0.25, 0.3) is 0 Å². The van der Waals surface area contributed by atoms with Crippen LogP contribution in [0.5, 0.6) is 0 Å². The molecule has 0 bridgehead atoms. The average molecular weight is 673 g/mol. The largest absolute Gasteiger partial charge is 0.386 e. The fraction of sp³-hybridized carbons (Fsp3) is 0.600. The number of hydrogen-bond acceptors (Lipinski definition) is 2. The Morgan fingerprint density at radius 1 is 0.417 bits per heavy atom. The summed E-state index contributed by atoms with van der Waals surface area (Å²) in [4.78, 5) is 0. The van der Waals surface area contributed by atoms with Gasteiger partial charge < -0.3 is 9.67 Å². The number of rotatable bonds is 12. The maximum Gasteiger partial charge on any atom is 0.172 e. The average Bonchev–Trinajstić information content (AvgIpc) is 2.97. The minimum absolute atomic E-state index is 0.105. The van der Waals surface area contributed by atoms with Crippen molar-refractivity contribution >= 4 is 23.1 Å². The summed E-state index contributed by atoms with van der Waals surface area (Å²) in [7, 11) is -3.68. The fourth-order valence-corrected chi connectivity index (χ4v) is 11.9. The molecule has 1 N–H and O–H groups in total. The van der Waals surface area contributed by atoms with E-state index in [1.54, 1.807) is 0 Å². The first-order valence-corrected chi connectivity index (χ1v) is 20.5. The van der Waals surface area contributed by atoms with Gasteiger partial charge in [0.2, 0.25) is 0 Å². The van der Waals surface area contributed by atoms with Gasteiger partial charge in [-0.15, -0.1) is 0 Å². The van der Waals surface area contributed by atoms with E-state index in [0.29, 0.717) is 11.8 Å². The van der Waals surface area contributed by atoms with E-state index in [2.05, 4.69) is 147 Å². The van der Waals surface area contributed by atoms with Crippen molar-refractivity contribution in [2.45, 2.75) is 178 Å². The van der Waals surface area contributed by atoms with E-state index < -0.39 is 12.7 Å². The van der Waals surface area contributed by atoms with Gasteiger partial charge in [0.1, 0.15) is 0 Å². The second-order valence-electron chi connectivity index (χ2n) is 17.5. The molecule has 0 amide bonds. The molecular weight excluding hydrogens is 603 g/mol. The predicted octanol–water partition coefficient (Wildman–Crippen LogP) is 12.5. The van der Waals surface area contributed by atoms with Gasteiger partial charge in [-0.25, -0.2) is 0 Å². The SMILES string of the molecule is CC(C)c1cc(C(C)C)c(P(=O)(c2c(C(C)C)cc(C(C)C)cc2C(C)C)c2c(C(C)C)cc(C(C)C)cc2C(C)(C)O)c(C(C)C)c1. The highest BCUT2D eigenvalue weighted by molar-refractivity contribution is 7.85. The maximum absolute atomic E-state index is 17.8. The molecular formula is C45H69O2P. The van der Waals surface area contributed by atoms with Gasteiger partial charge in [0.15, 0.2) is 7.14 Å². The molecule has 3 heteroatoms. The molecule has 0 atom stereocenters. The quantitative estimate of drug-likeness (QED) is 0.194. The van der Waals surface area contributed by atoms with Crippen molar-refractivity contribution in [2.75, 3.05) is 0 Å². The van der Waals surface area contributed by atoms with E-state index in [-0.39, 0.29) is 35.5 Å². The molecule has 0 heterocycles. The first kappa shape index (κ1) is 40.3. The molecule has 2 nitrogen and oxygen atoms in total. The van der Waals surface area contributed by atoms with Gasteiger partial charge in [-0.2, -0.15) is 0 Å². The summed E-state index contributed by atoms with van der Waals surface area (Å²) in [6.45, 7) is 39.7. The van der Waals surface area contributed by atoms with Crippen LogP contribution in [0.25, 0.3) is 0 Å². The van der Waals surface area contributed by atoms with Crippen LogP contribution in [0.3, 0.4) is 0 Å². The number of aliphatic hydroxyl groups is 1.